The van der Waals surface area contributed by atoms with Gasteiger partial charge >= 0.3 is 0 Å². The van der Waals surface area contributed by atoms with Gasteiger partial charge in [0.1, 0.15) is 0 Å². The van der Waals surface area contributed by atoms with E-state index >= 15 is 0 Å². The van der Waals surface area contributed by atoms with Gasteiger partial charge in [0.25, 0.3) is 0 Å². The molecule has 90 valence electrons. The Bertz CT molecular complexity index is 326. The van der Waals surface area contributed by atoms with Crippen molar-refractivity contribution in [3.8, 4) is 0 Å². The molecule has 2 heteroatoms. The Hall–Kier alpha value is -0.860. The lowest BCUT2D eigenvalue weighted by molar-refractivity contribution is 0.136. The summed E-state index contributed by atoms with van der Waals surface area (Å²) in [6.45, 7) is 11.6. The Morgan fingerprint density at radius 2 is 1.81 bits per heavy atom. The van der Waals surface area contributed by atoms with E-state index in [-0.39, 0.29) is 5.54 Å². The van der Waals surface area contributed by atoms with E-state index in [1.165, 1.54) is 11.1 Å². The van der Waals surface area contributed by atoms with Crippen molar-refractivity contribution in [2.75, 3.05) is 6.54 Å². The summed E-state index contributed by atoms with van der Waals surface area (Å²) in [5, 5.41) is 0. The number of benzene rings is 1. The van der Waals surface area contributed by atoms with E-state index in [0.29, 0.717) is 6.54 Å². The molecule has 0 unspecified atom stereocenters. The monoisotopic (exact) mass is 220 g/mol. The molecule has 0 aliphatic heterocycles. The highest BCUT2D eigenvalue weighted by molar-refractivity contribution is 5.23. The largest absolute Gasteiger partial charge is 0.326 e. The Balaban J connectivity index is 2.78. The smallest absolute Gasteiger partial charge is 0.0238 e. The predicted octanol–water partition coefficient (Wildman–Crippen LogP) is 2.77. The van der Waals surface area contributed by atoms with Crippen LogP contribution < -0.4 is 5.73 Å². The normalized spacial score (nSPS) is 12.1. The number of hydrogen-bond acceptors (Lipinski definition) is 2. The zero-order chi connectivity index (χ0) is 12.2. The van der Waals surface area contributed by atoms with Gasteiger partial charge in [-0.25, -0.2) is 0 Å². The van der Waals surface area contributed by atoms with Crippen molar-refractivity contribution in [1.82, 2.24) is 4.90 Å². The Labute approximate surface area is 99.5 Å². The van der Waals surface area contributed by atoms with E-state index in [1.54, 1.807) is 0 Å². The predicted molar refractivity (Wildman–Crippen MR) is 70.2 cm³/mol. The van der Waals surface area contributed by atoms with Gasteiger partial charge in [-0.3, -0.25) is 4.90 Å². The molecule has 0 aliphatic carbocycles. The molecule has 1 aromatic rings. The summed E-state index contributed by atoms with van der Waals surface area (Å²) in [5.41, 5.74) is 8.43. The van der Waals surface area contributed by atoms with Gasteiger partial charge in [0.15, 0.2) is 0 Å². The van der Waals surface area contributed by atoms with Crippen LogP contribution in [-0.2, 0) is 13.1 Å². The summed E-state index contributed by atoms with van der Waals surface area (Å²) in [5.74, 6) is 0. The zero-order valence-electron chi connectivity index (χ0n) is 11.0. The molecular weight excluding hydrogens is 196 g/mol. The molecule has 0 fully saturated rings. The molecule has 0 saturated heterocycles. The van der Waals surface area contributed by atoms with Crippen LogP contribution in [0.1, 0.15) is 38.8 Å². The molecular formula is C14H24N2. The van der Waals surface area contributed by atoms with E-state index in [2.05, 4.69) is 56.9 Å². The minimum absolute atomic E-state index is 0.216. The van der Waals surface area contributed by atoms with Crippen LogP contribution in [0.25, 0.3) is 0 Å². The molecule has 16 heavy (non-hydrogen) atoms. The van der Waals surface area contributed by atoms with E-state index in [0.717, 1.165) is 13.1 Å². The first-order valence-electron chi connectivity index (χ1n) is 6.00. The van der Waals surface area contributed by atoms with Gasteiger partial charge in [-0.15, -0.1) is 0 Å². The maximum absolute atomic E-state index is 5.65. The molecule has 1 aromatic carbocycles. The lowest BCUT2D eigenvalue weighted by Crippen LogP contribution is -2.40. The van der Waals surface area contributed by atoms with Gasteiger partial charge in [-0.05, 0) is 38.4 Å². The second-order valence-electron chi connectivity index (χ2n) is 5.21. The molecule has 0 aromatic heterocycles. The van der Waals surface area contributed by atoms with Crippen molar-refractivity contribution in [1.29, 1.82) is 0 Å². The van der Waals surface area contributed by atoms with Crippen LogP contribution in [0, 0.1) is 0 Å². The molecule has 1 rings (SSSR count). The van der Waals surface area contributed by atoms with Crippen LogP contribution in [0.5, 0.6) is 0 Å². The third kappa shape index (κ3) is 3.62. The minimum atomic E-state index is 0.216. The molecule has 0 radical (unpaired) electrons. The topological polar surface area (TPSA) is 29.3 Å². The lowest BCUT2D eigenvalue weighted by Gasteiger charge is -2.34. The molecule has 2 nitrogen and oxygen atoms in total. The van der Waals surface area contributed by atoms with Gasteiger partial charge in [-0.1, -0.05) is 31.2 Å². The fourth-order valence-electron chi connectivity index (χ4n) is 1.90. The number of hydrogen-bond donors (Lipinski definition) is 1. The average Bonchev–Trinajstić information content (AvgIpc) is 2.24. The first-order valence-corrected chi connectivity index (χ1v) is 6.00. The van der Waals surface area contributed by atoms with Crippen molar-refractivity contribution in [2.24, 2.45) is 5.73 Å². The Morgan fingerprint density at radius 3 is 2.31 bits per heavy atom. The zero-order valence-corrected chi connectivity index (χ0v) is 11.0. The number of rotatable bonds is 4. The summed E-state index contributed by atoms with van der Waals surface area (Å²) >= 11 is 0. The van der Waals surface area contributed by atoms with E-state index in [9.17, 15) is 0 Å². The van der Waals surface area contributed by atoms with Crippen molar-refractivity contribution in [3.63, 3.8) is 0 Å². The molecule has 0 saturated carbocycles. The third-order valence-corrected chi connectivity index (χ3v) is 2.93. The molecule has 0 aliphatic rings. The first kappa shape index (κ1) is 13.2. The van der Waals surface area contributed by atoms with E-state index in [1.807, 2.05) is 0 Å². The van der Waals surface area contributed by atoms with Crippen molar-refractivity contribution in [3.05, 3.63) is 35.4 Å². The van der Waals surface area contributed by atoms with Crippen LogP contribution >= 0.6 is 0 Å². The van der Waals surface area contributed by atoms with Crippen LogP contribution in [0.4, 0.5) is 0 Å². The van der Waals surface area contributed by atoms with Crippen molar-refractivity contribution >= 4 is 0 Å². The van der Waals surface area contributed by atoms with Gasteiger partial charge in [-0.2, -0.15) is 0 Å². The summed E-state index contributed by atoms with van der Waals surface area (Å²) in [6.07, 6.45) is 0. The van der Waals surface area contributed by atoms with Gasteiger partial charge in [0.2, 0.25) is 0 Å². The molecule has 0 spiro atoms. The molecule has 2 N–H and O–H groups in total. The number of nitrogens with two attached hydrogens (primary N) is 1. The summed E-state index contributed by atoms with van der Waals surface area (Å²) in [6, 6.07) is 8.55. The summed E-state index contributed by atoms with van der Waals surface area (Å²) in [7, 11) is 0. The SMILES string of the molecule is CCN(Cc1cccc(CN)c1)C(C)(C)C. The Morgan fingerprint density at radius 1 is 1.19 bits per heavy atom. The molecule has 0 atom stereocenters. The van der Waals surface area contributed by atoms with Gasteiger partial charge in [0.05, 0.1) is 0 Å². The van der Waals surface area contributed by atoms with Gasteiger partial charge < -0.3 is 5.73 Å². The standard InChI is InChI=1S/C14H24N2/c1-5-16(14(2,3)4)11-13-8-6-7-12(9-13)10-15/h6-9H,5,10-11,15H2,1-4H3. The van der Waals surface area contributed by atoms with Crippen LogP contribution in [0.3, 0.4) is 0 Å². The second kappa shape index (κ2) is 5.46. The lowest BCUT2D eigenvalue weighted by atomic mass is 10.0. The molecule has 0 amide bonds. The van der Waals surface area contributed by atoms with Crippen molar-refractivity contribution < 1.29 is 0 Å². The highest BCUT2D eigenvalue weighted by Gasteiger charge is 2.19. The van der Waals surface area contributed by atoms with Crippen LogP contribution in [0.2, 0.25) is 0 Å². The summed E-state index contributed by atoms with van der Waals surface area (Å²) in [4.78, 5) is 2.46. The fraction of sp³-hybridized carbons (Fsp3) is 0.571. The average molecular weight is 220 g/mol. The van der Waals surface area contributed by atoms with Crippen LogP contribution in [0.15, 0.2) is 24.3 Å². The van der Waals surface area contributed by atoms with Gasteiger partial charge in [0, 0.05) is 18.6 Å². The van der Waals surface area contributed by atoms with E-state index in [4.69, 9.17) is 5.73 Å². The highest BCUT2D eigenvalue weighted by Crippen LogP contribution is 2.17. The second-order valence-corrected chi connectivity index (χ2v) is 5.21. The maximum atomic E-state index is 5.65. The third-order valence-electron chi connectivity index (χ3n) is 2.93. The van der Waals surface area contributed by atoms with Crippen LogP contribution in [-0.4, -0.2) is 17.0 Å². The highest BCUT2D eigenvalue weighted by atomic mass is 15.2. The maximum Gasteiger partial charge on any atom is 0.0238 e. The quantitative estimate of drug-likeness (QED) is 0.845. The minimum Gasteiger partial charge on any atom is -0.326 e. The fourth-order valence-corrected chi connectivity index (χ4v) is 1.90. The van der Waals surface area contributed by atoms with Crippen molar-refractivity contribution in [2.45, 2.75) is 46.3 Å². The molecule has 0 bridgehead atoms. The number of nitrogens with zero attached hydrogens (tertiary/aromatic N) is 1. The Kier molecular flexibility index (Phi) is 4.51. The first-order chi connectivity index (χ1) is 7.47. The summed E-state index contributed by atoms with van der Waals surface area (Å²) < 4.78 is 0. The molecule has 0 heterocycles. The van der Waals surface area contributed by atoms with E-state index < -0.39 is 0 Å².